The van der Waals surface area contributed by atoms with Crippen molar-refractivity contribution in [1.29, 1.82) is 0 Å². The fourth-order valence-electron chi connectivity index (χ4n) is 1.86. The van der Waals surface area contributed by atoms with Crippen LogP contribution in [0.25, 0.3) is 0 Å². The highest BCUT2D eigenvalue weighted by atomic mass is 16.1. The van der Waals surface area contributed by atoms with Crippen molar-refractivity contribution in [3.63, 3.8) is 0 Å². The highest BCUT2D eigenvalue weighted by Crippen LogP contribution is 2.19. The smallest absolute Gasteiger partial charge is 0.217 e. The van der Waals surface area contributed by atoms with Crippen LogP contribution in [0, 0.1) is 0 Å². The molecule has 88 valence electrons. The average Bonchev–Trinajstić information content (AvgIpc) is 2.29. The third kappa shape index (κ3) is 3.29. The van der Waals surface area contributed by atoms with Gasteiger partial charge in [-0.2, -0.15) is 0 Å². The first-order valence-corrected chi connectivity index (χ1v) is 5.65. The Balaban J connectivity index is 2.82. The van der Waals surface area contributed by atoms with E-state index < -0.39 is 0 Å². The van der Waals surface area contributed by atoms with Crippen LogP contribution in [0.3, 0.4) is 0 Å². The summed E-state index contributed by atoms with van der Waals surface area (Å²) in [4.78, 5) is 19.5. The van der Waals surface area contributed by atoms with Gasteiger partial charge in [0, 0.05) is 37.5 Å². The molecule has 4 heteroatoms. The zero-order chi connectivity index (χ0) is 12.0. The molecule has 1 N–H and O–H groups in total. The number of carbonyl (C=O) groups excluding carboxylic acids is 1. The van der Waals surface area contributed by atoms with Gasteiger partial charge in [0.1, 0.15) is 0 Å². The van der Waals surface area contributed by atoms with Crippen molar-refractivity contribution >= 4 is 5.91 Å². The average molecular weight is 221 g/mol. The van der Waals surface area contributed by atoms with Crippen molar-refractivity contribution in [3.05, 3.63) is 24.3 Å². The number of hydrogen-bond donors (Lipinski definition) is 1. The minimum atomic E-state index is -0.193. The second-order valence-electron chi connectivity index (χ2n) is 4.04. The van der Waals surface area contributed by atoms with E-state index in [1.807, 2.05) is 0 Å². The standard InChI is InChI=1S/C12H19N3O/c1-4-12(5-2,15-10(3)16)8-11-9-13-6-7-14-11/h6-7,9H,4-5,8H2,1-3H3,(H,15,16). The molecule has 0 aliphatic rings. The summed E-state index contributed by atoms with van der Waals surface area (Å²) in [5, 5.41) is 3.03. The van der Waals surface area contributed by atoms with E-state index in [0.717, 1.165) is 25.0 Å². The van der Waals surface area contributed by atoms with Gasteiger partial charge in [0.25, 0.3) is 0 Å². The molecule has 0 bridgehead atoms. The normalized spacial score (nSPS) is 11.2. The van der Waals surface area contributed by atoms with Crippen molar-refractivity contribution < 1.29 is 4.79 Å². The molecule has 1 rings (SSSR count). The molecule has 0 saturated heterocycles. The van der Waals surface area contributed by atoms with Crippen LogP contribution in [0.2, 0.25) is 0 Å². The van der Waals surface area contributed by atoms with Gasteiger partial charge in [0.15, 0.2) is 0 Å². The van der Waals surface area contributed by atoms with Crippen LogP contribution in [0.1, 0.15) is 39.3 Å². The van der Waals surface area contributed by atoms with Crippen molar-refractivity contribution in [1.82, 2.24) is 15.3 Å². The van der Waals surface area contributed by atoms with Gasteiger partial charge < -0.3 is 5.32 Å². The minimum absolute atomic E-state index is 0.00703. The number of hydrogen-bond acceptors (Lipinski definition) is 3. The first-order valence-electron chi connectivity index (χ1n) is 5.65. The van der Waals surface area contributed by atoms with Gasteiger partial charge in [-0.25, -0.2) is 0 Å². The Morgan fingerprint density at radius 1 is 1.38 bits per heavy atom. The molecule has 0 radical (unpaired) electrons. The van der Waals surface area contributed by atoms with E-state index in [1.165, 1.54) is 0 Å². The van der Waals surface area contributed by atoms with E-state index in [9.17, 15) is 4.79 Å². The van der Waals surface area contributed by atoms with E-state index in [0.29, 0.717) is 0 Å². The van der Waals surface area contributed by atoms with Crippen molar-refractivity contribution in [2.45, 2.75) is 45.6 Å². The molecule has 0 aromatic carbocycles. The molecule has 0 spiro atoms. The molecule has 1 heterocycles. The predicted molar refractivity (Wildman–Crippen MR) is 62.9 cm³/mol. The largest absolute Gasteiger partial charge is 0.351 e. The van der Waals surface area contributed by atoms with Crippen molar-refractivity contribution in [3.8, 4) is 0 Å². The maximum Gasteiger partial charge on any atom is 0.217 e. The molecule has 0 aliphatic heterocycles. The molecular weight excluding hydrogens is 202 g/mol. The quantitative estimate of drug-likeness (QED) is 0.823. The summed E-state index contributed by atoms with van der Waals surface area (Å²) in [5.41, 5.74) is 0.724. The zero-order valence-corrected chi connectivity index (χ0v) is 10.2. The lowest BCUT2D eigenvalue weighted by atomic mass is 9.87. The molecule has 0 unspecified atom stereocenters. The summed E-state index contributed by atoms with van der Waals surface area (Å²) in [6.07, 6.45) is 7.59. The molecule has 4 nitrogen and oxygen atoms in total. The topological polar surface area (TPSA) is 54.9 Å². The highest BCUT2D eigenvalue weighted by Gasteiger charge is 2.27. The van der Waals surface area contributed by atoms with Gasteiger partial charge in [0.2, 0.25) is 5.91 Å². The van der Waals surface area contributed by atoms with E-state index in [1.54, 1.807) is 25.5 Å². The summed E-state index contributed by atoms with van der Waals surface area (Å²) in [7, 11) is 0. The van der Waals surface area contributed by atoms with Gasteiger partial charge in [-0.05, 0) is 12.8 Å². The SMILES string of the molecule is CCC(CC)(Cc1cnccn1)NC(C)=O. The third-order valence-corrected chi connectivity index (χ3v) is 2.93. The van der Waals surface area contributed by atoms with Crippen LogP contribution in [0.5, 0.6) is 0 Å². The lowest BCUT2D eigenvalue weighted by Crippen LogP contribution is -2.48. The summed E-state index contributed by atoms with van der Waals surface area (Å²) in [6, 6.07) is 0. The Labute approximate surface area is 96.5 Å². The lowest BCUT2D eigenvalue weighted by Gasteiger charge is -2.32. The zero-order valence-electron chi connectivity index (χ0n) is 10.2. The highest BCUT2D eigenvalue weighted by molar-refractivity contribution is 5.73. The minimum Gasteiger partial charge on any atom is -0.351 e. The van der Waals surface area contributed by atoms with E-state index in [4.69, 9.17) is 0 Å². The fourth-order valence-corrected chi connectivity index (χ4v) is 1.86. The Bertz CT molecular complexity index is 333. The first-order chi connectivity index (χ1) is 7.62. The summed E-state index contributed by atoms with van der Waals surface area (Å²) in [5.74, 6) is 0.00703. The molecule has 0 atom stereocenters. The van der Waals surface area contributed by atoms with Gasteiger partial charge in [-0.15, -0.1) is 0 Å². The molecule has 0 aliphatic carbocycles. The van der Waals surface area contributed by atoms with Crippen LogP contribution in [-0.4, -0.2) is 21.4 Å². The van der Waals surface area contributed by atoms with Gasteiger partial charge in [0.05, 0.1) is 5.69 Å². The maximum atomic E-state index is 11.2. The molecule has 1 aromatic rings. The Morgan fingerprint density at radius 2 is 2.06 bits per heavy atom. The fraction of sp³-hybridized carbons (Fsp3) is 0.583. The Hall–Kier alpha value is -1.45. The maximum absolute atomic E-state index is 11.2. The van der Waals surface area contributed by atoms with Gasteiger partial charge >= 0.3 is 0 Å². The van der Waals surface area contributed by atoms with Gasteiger partial charge in [-0.3, -0.25) is 14.8 Å². The van der Waals surface area contributed by atoms with E-state index in [-0.39, 0.29) is 11.4 Å². The van der Waals surface area contributed by atoms with Gasteiger partial charge in [-0.1, -0.05) is 13.8 Å². The number of amides is 1. The molecular formula is C12H19N3O. The number of nitrogens with zero attached hydrogens (tertiary/aromatic N) is 2. The summed E-state index contributed by atoms with van der Waals surface area (Å²) >= 11 is 0. The first kappa shape index (κ1) is 12.6. The number of carbonyl (C=O) groups is 1. The molecule has 1 aromatic heterocycles. The van der Waals surface area contributed by atoms with Crippen LogP contribution >= 0.6 is 0 Å². The van der Waals surface area contributed by atoms with E-state index in [2.05, 4.69) is 29.1 Å². The Kier molecular flexibility index (Phi) is 4.40. The summed E-state index contributed by atoms with van der Waals surface area (Å²) < 4.78 is 0. The predicted octanol–water partition coefficient (Wildman–Crippen LogP) is 1.71. The third-order valence-electron chi connectivity index (χ3n) is 2.93. The van der Waals surface area contributed by atoms with Crippen LogP contribution in [-0.2, 0) is 11.2 Å². The molecule has 1 amide bonds. The van der Waals surface area contributed by atoms with Crippen LogP contribution in [0.4, 0.5) is 0 Å². The second-order valence-corrected chi connectivity index (χ2v) is 4.04. The van der Waals surface area contributed by atoms with Crippen LogP contribution < -0.4 is 5.32 Å². The molecule has 0 fully saturated rings. The van der Waals surface area contributed by atoms with Crippen molar-refractivity contribution in [2.75, 3.05) is 0 Å². The van der Waals surface area contributed by atoms with Crippen LogP contribution in [0.15, 0.2) is 18.6 Å². The number of nitrogens with one attached hydrogen (secondary N) is 1. The summed E-state index contributed by atoms with van der Waals surface area (Å²) in [6.45, 7) is 5.71. The molecule has 0 saturated carbocycles. The Morgan fingerprint density at radius 3 is 2.50 bits per heavy atom. The number of rotatable bonds is 5. The monoisotopic (exact) mass is 221 g/mol. The second kappa shape index (κ2) is 5.58. The van der Waals surface area contributed by atoms with E-state index >= 15 is 0 Å². The number of aromatic nitrogens is 2. The van der Waals surface area contributed by atoms with Crippen molar-refractivity contribution in [2.24, 2.45) is 0 Å². The molecule has 16 heavy (non-hydrogen) atoms. The lowest BCUT2D eigenvalue weighted by molar-refractivity contribution is -0.121.